The average molecular weight is 599 g/mol. The molecule has 0 fully saturated rings. The molecule has 3 heterocycles. The highest BCUT2D eigenvalue weighted by Crippen LogP contribution is 2.47. The van der Waals surface area contributed by atoms with Crippen molar-refractivity contribution in [3.05, 3.63) is 139 Å². The molecule has 0 spiro atoms. The fourth-order valence-corrected chi connectivity index (χ4v) is 9.34. The topological polar surface area (TPSA) is 28.2 Å². The molecule has 0 unspecified atom stereocenters. The van der Waals surface area contributed by atoms with Gasteiger partial charge in [-0.15, -0.1) is 11.3 Å². The molecule has 0 aliphatic rings. The molecule has 11 aromatic rings. The molecular weight excluding hydrogens is 577 g/mol. The summed E-state index contributed by atoms with van der Waals surface area (Å²) >= 11 is 1.86. The molecule has 11 rings (SSSR count). The second kappa shape index (κ2) is 8.61. The van der Waals surface area contributed by atoms with Gasteiger partial charge in [-0.05, 0) is 98.4 Å². The van der Waals surface area contributed by atoms with Crippen molar-refractivity contribution in [2.75, 3.05) is 0 Å². The average Bonchev–Trinajstić information content (AvgIpc) is 3.78. The number of para-hydroxylation sites is 2. The molecule has 2 nitrogen and oxygen atoms in total. The number of rotatable bonds is 2. The van der Waals surface area contributed by atoms with E-state index in [2.05, 4.69) is 132 Å². The summed E-state index contributed by atoms with van der Waals surface area (Å²) in [4.78, 5) is 0. The van der Waals surface area contributed by atoms with E-state index in [0.29, 0.717) is 5.56 Å². The van der Waals surface area contributed by atoms with Gasteiger partial charge >= 0.3 is 0 Å². The molecule has 0 bridgehead atoms. The summed E-state index contributed by atoms with van der Waals surface area (Å²) in [6.45, 7) is 0. The predicted molar refractivity (Wildman–Crippen MR) is 196 cm³/mol. The highest BCUT2D eigenvalue weighted by atomic mass is 32.1. The molecule has 0 amide bonds. The Hall–Kier alpha value is -5.95. The normalized spacial score (nSPS) is 12.3. The monoisotopic (exact) mass is 598 g/mol. The number of benzene rings is 8. The third kappa shape index (κ3) is 3.04. The first-order chi connectivity index (χ1) is 22.7. The predicted octanol–water partition coefficient (Wildman–Crippen LogP) is 12.2. The minimum absolute atomic E-state index is 0.667. The fraction of sp³-hybridized carbons (Fsp3) is 0. The van der Waals surface area contributed by atoms with E-state index in [-0.39, 0.29) is 0 Å². The van der Waals surface area contributed by atoms with Crippen LogP contribution in [-0.4, -0.2) is 4.40 Å². The van der Waals surface area contributed by atoms with Gasteiger partial charge in [0.2, 0.25) is 0 Å². The van der Waals surface area contributed by atoms with Gasteiger partial charge in [-0.25, -0.2) is 0 Å². The van der Waals surface area contributed by atoms with E-state index >= 15 is 0 Å². The summed E-state index contributed by atoms with van der Waals surface area (Å²) in [5.74, 6) is 0. The van der Waals surface area contributed by atoms with Gasteiger partial charge in [0.05, 0.1) is 28.2 Å². The highest BCUT2D eigenvalue weighted by Gasteiger charge is 2.19. The summed E-state index contributed by atoms with van der Waals surface area (Å²) < 4.78 is 5.01. The lowest BCUT2D eigenvalue weighted by Gasteiger charge is -2.12. The smallest absolute Gasteiger partial charge is 0.0992 e. The molecule has 8 aromatic carbocycles. The Morgan fingerprint density at radius 2 is 1.04 bits per heavy atom. The largest absolute Gasteiger partial charge is 0.308 e. The molecule has 0 saturated heterocycles. The van der Waals surface area contributed by atoms with Crippen LogP contribution in [0.15, 0.2) is 133 Å². The maximum atomic E-state index is 10.2. The third-order valence-electron chi connectivity index (χ3n) is 10.1. The number of hydrogen-bond donors (Lipinski definition) is 0. The van der Waals surface area contributed by atoms with E-state index < -0.39 is 0 Å². The van der Waals surface area contributed by atoms with E-state index in [4.69, 9.17) is 0 Å². The van der Waals surface area contributed by atoms with Crippen LogP contribution in [0.4, 0.5) is 0 Å². The van der Waals surface area contributed by atoms with Gasteiger partial charge in [-0.3, -0.25) is 0 Å². The molecule has 0 aliphatic heterocycles. The number of hydrogen-bond acceptors (Lipinski definition) is 2. The second-order valence-corrected chi connectivity index (χ2v) is 13.5. The lowest BCUT2D eigenvalue weighted by Crippen LogP contribution is -1.87. The zero-order valence-corrected chi connectivity index (χ0v) is 25.3. The first-order valence-electron chi connectivity index (χ1n) is 15.6. The van der Waals surface area contributed by atoms with Gasteiger partial charge < -0.3 is 4.40 Å². The van der Waals surface area contributed by atoms with Crippen molar-refractivity contribution in [2.24, 2.45) is 0 Å². The van der Waals surface area contributed by atoms with Crippen LogP contribution in [0.3, 0.4) is 0 Å². The van der Waals surface area contributed by atoms with Gasteiger partial charge in [0.15, 0.2) is 0 Å². The van der Waals surface area contributed by atoms with Gasteiger partial charge in [0, 0.05) is 41.7 Å². The highest BCUT2D eigenvalue weighted by molar-refractivity contribution is 7.26. The second-order valence-electron chi connectivity index (χ2n) is 12.4. The Kier molecular flexibility index (Phi) is 4.56. The van der Waals surface area contributed by atoms with E-state index in [1.807, 2.05) is 23.5 Å². The van der Waals surface area contributed by atoms with Crippen molar-refractivity contribution in [2.45, 2.75) is 0 Å². The van der Waals surface area contributed by atoms with E-state index in [1.54, 1.807) is 0 Å². The summed E-state index contributed by atoms with van der Waals surface area (Å²) in [7, 11) is 0. The number of aromatic nitrogens is 1. The Labute approximate surface area is 267 Å². The van der Waals surface area contributed by atoms with Gasteiger partial charge in [0.1, 0.15) is 0 Å². The van der Waals surface area contributed by atoms with Crippen molar-refractivity contribution in [3.63, 3.8) is 0 Å². The zero-order chi connectivity index (χ0) is 30.1. The van der Waals surface area contributed by atoms with Crippen molar-refractivity contribution < 1.29 is 0 Å². The molecule has 0 N–H and O–H groups in total. The molecule has 0 aliphatic carbocycles. The molecule has 3 heteroatoms. The number of thiophene rings is 1. The summed E-state index contributed by atoms with van der Waals surface area (Å²) in [6, 6.07) is 50.9. The first-order valence-corrected chi connectivity index (χ1v) is 16.4. The van der Waals surface area contributed by atoms with Crippen LogP contribution in [0, 0.1) is 11.3 Å². The Morgan fingerprint density at radius 1 is 0.435 bits per heavy atom. The van der Waals surface area contributed by atoms with Crippen LogP contribution in [0.25, 0.3) is 102 Å². The summed E-state index contributed by atoms with van der Waals surface area (Å²) in [5.41, 5.74) is 8.75. The number of nitriles is 1. The van der Waals surface area contributed by atoms with Crippen LogP contribution in [0.5, 0.6) is 0 Å². The summed E-state index contributed by atoms with van der Waals surface area (Å²) in [6.07, 6.45) is 0. The van der Waals surface area contributed by atoms with Crippen molar-refractivity contribution in [1.82, 2.24) is 4.40 Å². The minimum Gasteiger partial charge on any atom is -0.308 e. The Bertz CT molecular complexity index is 3100. The molecule has 3 aromatic heterocycles. The van der Waals surface area contributed by atoms with Crippen molar-refractivity contribution in [3.8, 4) is 28.3 Å². The van der Waals surface area contributed by atoms with Crippen LogP contribution >= 0.6 is 11.3 Å². The van der Waals surface area contributed by atoms with Crippen LogP contribution in [-0.2, 0) is 0 Å². The Morgan fingerprint density at radius 3 is 1.89 bits per heavy atom. The lowest BCUT2D eigenvalue weighted by atomic mass is 9.91. The molecule has 46 heavy (non-hydrogen) atoms. The van der Waals surface area contributed by atoms with E-state index in [9.17, 15) is 5.26 Å². The van der Waals surface area contributed by atoms with Crippen LogP contribution in [0.2, 0.25) is 0 Å². The Balaban J connectivity index is 1.16. The molecular formula is C43H22N2S. The fourth-order valence-electron chi connectivity index (χ4n) is 8.14. The maximum absolute atomic E-state index is 10.2. The van der Waals surface area contributed by atoms with Crippen molar-refractivity contribution in [1.29, 1.82) is 5.26 Å². The van der Waals surface area contributed by atoms with Crippen LogP contribution < -0.4 is 0 Å². The standard InChI is InChI=1S/C43H22N2S/c44-23-24-17-26(25-15-16-38-35(20-25)34-12-5-11-33-31-9-3-4-13-37(31)45(38)43(33)34)19-27(18-24)28-21-36-30-8-2-1-7-29(30)32-10-6-14-39-41(32)42(36)40(22-28)46-39/h1-22H. The molecule has 0 radical (unpaired) electrons. The SMILES string of the molecule is N#Cc1cc(-c2cc3sc4cccc5c6ccccc6c(c2)c3c45)cc(-c2ccc3c(c2)c2cccc4c5ccccc5n3c42)c1. The minimum atomic E-state index is 0.667. The maximum Gasteiger partial charge on any atom is 0.0992 e. The molecule has 210 valence electrons. The first kappa shape index (κ1) is 24.4. The number of nitrogens with zero attached hydrogens (tertiary/aromatic N) is 2. The van der Waals surface area contributed by atoms with Gasteiger partial charge in [-0.1, -0.05) is 78.9 Å². The van der Waals surface area contributed by atoms with Crippen molar-refractivity contribution >= 4 is 91.1 Å². The zero-order valence-electron chi connectivity index (χ0n) is 24.5. The molecule has 0 atom stereocenters. The van der Waals surface area contributed by atoms with E-state index in [1.165, 1.54) is 79.8 Å². The van der Waals surface area contributed by atoms with Gasteiger partial charge in [0.25, 0.3) is 0 Å². The number of fused-ring (bicyclic) bond motifs is 9. The van der Waals surface area contributed by atoms with E-state index in [0.717, 1.165) is 22.3 Å². The lowest BCUT2D eigenvalue weighted by molar-refractivity contribution is 1.37. The molecule has 0 saturated carbocycles. The summed E-state index contributed by atoms with van der Waals surface area (Å²) in [5, 5.41) is 23.1. The third-order valence-corrected chi connectivity index (χ3v) is 11.2. The quantitative estimate of drug-likeness (QED) is 0.182. The van der Waals surface area contributed by atoms with Gasteiger partial charge in [-0.2, -0.15) is 5.26 Å². The van der Waals surface area contributed by atoms with Crippen LogP contribution in [0.1, 0.15) is 5.56 Å².